The SMILES string of the molecule is C#CCCCNc1ccc(Cl)c(OC)c1. The molecule has 0 radical (unpaired) electrons. The number of benzene rings is 1. The van der Waals surface area contributed by atoms with Crippen LogP contribution in [0.2, 0.25) is 5.02 Å². The van der Waals surface area contributed by atoms with Gasteiger partial charge in [0, 0.05) is 24.7 Å². The Hall–Kier alpha value is -1.33. The van der Waals surface area contributed by atoms with Gasteiger partial charge in [0.25, 0.3) is 0 Å². The lowest BCUT2D eigenvalue weighted by Gasteiger charge is -2.08. The van der Waals surface area contributed by atoms with Gasteiger partial charge in [-0.3, -0.25) is 0 Å². The minimum absolute atomic E-state index is 0.617. The molecule has 0 saturated carbocycles. The third-order valence-electron chi connectivity index (χ3n) is 1.98. The quantitative estimate of drug-likeness (QED) is 0.612. The molecule has 80 valence electrons. The van der Waals surface area contributed by atoms with Crippen LogP contribution in [0.25, 0.3) is 0 Å². The summed E-state index contributed by atoms with van der Waals surface area (Å²) >= 11 is 5.90. The third-order valence-corrected chi connectivity index (χ3v) is 2.29. The number of methoxy groups -OCH3 is 1. The summed E-state index contributed by atoms with van der Waals surface area (Å²) in [4.78, 5) is 0. The molecule has 0 heterocycles. The van der Waals surface area contributed by atoms with E-state index in [1.165, 1.54) is 0 Å². The van der Waals surface area contributed by atoms with E-state index in [9.17, 15) is 0 Å². The average molecular weight is 224 g/mol. The Kier molecular flexibility index (Phi) is 4.86. The van der Waals surface area contributed by atoms with Gasteiger partial charge >= 0.3 is 0 Å². The van der Waals surface area contributed by atoms with E-state index in [0.717, 1.165) is 25.1 Å². The lowest BCUT2D eigenvalue weighted by molar-refractivity contribution is 0.415. The fraction of sp³-hybridized carbons (Fsp3) is 0.333. The van der Waals surface area contributed by atoms with E-state index < -0.39 is 0 Å². The number of anilines is 1. The van der Waals surface area contributed by atoms with Gasteiger partial charge in [-0.25, -0.2) is 0 Å². The molecule has 3 heteroatoms. The van der Waals surface area contributed by atoms with Gasteiger partial charge in [-0.05, 0) is 18.6 Å². The molecule has 0 amide bonds. The van der Waals surface area contributed by atoms with E-state index in [4.69, 9.17) is 22.8 Å². The molecule has 0 unspecified atom stereocenters. The molecule has 15 heavy (non-hydrogen) atoms. The van der Waals surface area contributed by atoms with Crippen molar-refractivity contribution in [2.45, 2.75) is 12.8 Å². The highest BCUT2D eigenvalue weighted by molar-refractivity contribution is 6.32. The number of rotatable bonds is 5. The first-order valence-electron chi connectivity index (χ1n) is 4.79. The molecule has 1 aromatic carbocycles. The Labute approximate surface area is 95.6 Å². The van der Waals surface area contributed by atoms with E-state index in [-0.39, 0.29) is 0 Å². The van der Waals surface area contributed by atoms with Gasteiger partial charge in [0.15, 0.2) is 0 Å². The molecule has 0 atom stereocenters. The normalized spacial score (nSPS) is 9.40. The second kappa shape index (κ2) is 6.21. The Morgan fingerprint density at radius 3 is 3.00 bits per heavy atom. The first-order chi connectivity index (χ1) is 7.27. The molecule has 1 N–H and O–H groups in total. The monoisotopic (exact) mass is 223 g/mol. The predicted octanol–water partition coefficient (Wildman–Crippen LogP) is 3.17. The van der Waals surface area contributed by atoms with Crippen LogP contribution in [0, 0.1) is 12.3 Å². The Bertz CT molecular complexity index is 357. The highest BCUT2D eigenvalue weighted by Crippen LogP contribution is 2.27. The molecule has 0 saturated heterocycles. The topological polar surface area (TPSA) is 21.3 Å². The van der Waals surface area contributed by atoms with Crippen molar-refractivity contribution in [1.82, 2.24) is 0 Å². The molecule has 0 spiro atoms. The van der Waals surface area contributed by atoms with Crippen molar-refractivity contribution in [3.8, 4) is 18.1 Å². The summed E-state index contributed by atoms with van der Waals surface area (Å²) in [6.07, 6.45) is 6.91. The van der Waals surface area contributed by atoms with Crippen molar-refractivity contribution >= 4 is 17.3 Å². The summed E-state index contributed by atoms with van der Waals surface area (Å²) in [7, 11) is 1.60. The molecule has 0 aliphatic rings. The standard InChI is InChI=1S/C12H14ClNO/c1-3-4-5-8-14-10-6-7-11(13)12(9-10)15-2/h1,6-7,9,14H,4-5,8H2,2H3. The van der Waals surface area contributed by atoms with Crippen LogP contribution >= 0.6 is 11.6 Å². The Balaban J connectivity index is 2.52. The van der Waals surface area contributed by atoms with Crippen LogP contribution in [0.4, 0.5) is 5.69 Å². The summed E-state index contributed by atoms with van der Waals surface area (Å²) in [5.74, 6) is 3.28. The number of hydrogen-bond donors (Lipinski definition) is 1. The fourth-order valence-electron chi connectivity index (χ4n) is 1.19. The lowest BCUT2D eigenvalue weighted by Crippen LogP contribution is -2.01. The van der Waals surface area contributed by atoms with Crippen molar-refractivity contribution in [1.29, 1.82) is 0 Å². The first-order valence-corrected chi connectivity index (χ1v) is 5.16. The zero-order valence-corrected chi connectivity index (χ0v) is 9.47. The van der Waals surface area contributed by atoms with Crippen LogP contribution in [0.3, 0.4) is 0 Å². The largest absolute Gasteiger partial charge is 0.495 e. The van der Waals surface area contributed by atoms with Gasteiger partial charge in [0.2, 0.25) is 0 Å². The summed E-state index contributed by atoms with van der Waals surface area (Å²) < 4.78 is 5.11. The van der Waals surface area contributed by atoms with Crippen molar-refractivity contribution < 1.29 is 4.74 Å². The number of nitrogens with one attached hydrogen (secondary N) is 1. The molecule has 0 bridgehead atoms. The first kappa shape index (κ1) is 11.7. The zero-order valence-electron chi connectivity index (χ0n) is 8.72. The maximum absolute atomic E-state index is 5.90. The molecule has 0 aromatic heterocycles. The minimum atomic E-state index is 0.617. The highest BCUT2D eigenvalue weighted by atomic mass is 35.5. The van der Waals surface area contributed by atoms with Gasteiger partial charge in [-0.15, -0.1) is 12.3 Å². The summed E-state index contributed by atoms with van der Waals surface area (Å²) in [6, 6.07) is 5.60. The van der Waals surface area contributed by atoms with Crippen LogP contribution < -0.4 is 10.1 Å². The van der Waals surface area contributed by atoms with Crippen molar-refractivity contribution in [3.05, 3.63) is 23.2 Å². The predicted molar refractivity (Wildman–Crippen MR) is 64.6 cm³/mol. The van der Waals surface area contributed by atoms with Gasteiger partial charge in [0.1, 0.15) is 5.75 Å². The van der Waals surface area contributed by atoms with E-state index >= 15 is 0 Å². The smallest absolute Gasteiger partial charge is 0.139 e. The maximum atomic E-state index is 5.90. The number of ether oxygens (including phenoxy) is 1. The molecular weight excluding hydrogens is 210 g/mol. The van der Waals surface area contributed by atoms with Crippen molar-refractivity contribution in [3.63, 3.8) is 0 Å². The van der Waals surface area contributed by atoms with Crippen LogP contribution in [0.1, 0.15) is 12.8 Å². The number of terminal acetylenes is 1. The summed E-state index contributed by atoms with van der Waals surface area (Å²) in [6.45, 7) is 0.856. The van der Waals surface area contributed by atoms with E-state index in [1.54, 1.807) is 7.11 Å². The minimum Gasteiger partial charge on any atom is -0.495 e. The highest BCUT2D eigenvalue weighted by Gasteiger charge is 2.00. The summed E-state index contributed by atoms with van der Waals surface area (Å²) in [5, 5.41) is 3.86. The Morgan fingerprint density at radius 1 is 1.53 bits per heavy atom. The molecule has 0 aliphatic heterocycles. The summed E-state index contributed by atoms with van der Waals surface area (Å²) in [5.41, 5.74) is 0.994. The van der Waals surface area contributed by atoms with E-state index in [1.807, 2.05) is 18.2 Å². The van der Waals surface area contributed by atoms with Crippen LogP contribution in [0.15, 0.2) is 18.2 Å². The number of unbranched alkanes of at least 4 members (excludes halogenated alkanes) is 1. The van der Waals surface area contributed by atoms with Gasteiger partial charge in [-0.2, -0.15) is 0 Å². The number of halogens is 1. The maximum Gasteiger partial charge on any atom is 0.139 e. The molecule has 1 aromatic rings. The molecule has 2 nitrogen and oxygen atoms in total. The fourth-order valence-corrected chi connectivity index (χ4v) is 1.39. The van der Waals surface area contributed by atoms with Gasteiger partial charge in [-0.1, -0.05) is 11.6 Å². The third kappa shape index (κ3) is 3.73. The van der Waals surface area contributed by atoms with Crippen LogP contribution in [-0.2, 0) is 0 Å². The molecule has 0 fully saturated rings. The van der Waals surface area contributed by atoms with Gasteiger partial charge < -0.3 is 10.1 Å². The second-order valence-corrected chi connectivity index (χ2v) is 3.49. The molecular formula is C12H14ClNO. The van der Waals surface area contributed by atoms with E-state index in [0.29, 0.717) is 10.8 Å². The van der Waals surface area contributed by atoms with E-state index in [2.05, 4.69) is 11.2 Å². The number of hydrogen-bond acceptors (Lipinski definition) is 2. The van der Waals surface area contributed by atoms with Crippen LogP contribution in [0.5, 0.6) is 5.75 Å². The average Bonchev–Trinajstić information content (AvgIpc) is 2.26. The van der Waals surface area contributed by atoms with Crippen molar-refractivity contribution in [2.75, 3.05) is 19.0 Å². The van der Waals surface area contributed by atoms with Gasteiger partial charge in [0.05, 0.1) is 12.1 Å². The lowest BCUT2D eigenvalue weighted by atomic mass is 10.2. The zero-order chi connectivity index (χ0) is 11.1. The molecule has 0 aliphatic carbocycles. The second-order valence-electron chi connectivity index (χ2n) is 3.08. The van der Waals surface area contributed by atoms with Crippen LogP contribution in [-0.4, -0.2) is 13.7 Å². The van der Waals surface area contributed by atoms with Crippen molar-refractivity contribution in [2.24, 2.45) is 0 Å². The Morgan fingerprint density at radius 2 is 2.33 bits per heavy atom. The molecule has 1 rings (SSSR count).